The molecule has 0 spiro atoms. The second-order valence-electron chi connectivity index (χ2n) is 5.40. The van der Waals surface area contributed by atoms with E-state index < -0.39 is 0 Å². The second kappa shape index (κ2) is 5.93. The van der Waals surface area contributed by atoms with E-state index >= 15 is 0 Å². The highest BCUT2D eigenvalue weighted by atomic mass is 32.1. The van der Waals surface area contributed by atoms with Crippen LogP contribution in [0.5, 0.6) is 5.75 Å². The summed E-state index contributed by atoms with van der Waals surface area (Å²) in [5.74, 6) is 1.41. The van der Waals surface area contributed by atoms with Crippen LogP contribution >= 0.6 is 11.3 Å². The summed E-state index contributed by atoms with van der Waals surface area (Å²) in [6.07, 6.45) is 2.20. The van der Waals surface area contributed by atoms with Crippen LogP contribution in [0.3, 0.4) is 0 Å². The number of phenols is 1. The van der Waals surface area contributed by atoms with Gasteiger partial charge in [0.15, 0.2) is 0 Å². The Morgan fingerprint density at radius 3 is 2.59 bits per heavy atom. The molecule has 0 saturated carbocycles. The number of aromatic hydroxyl groups is 1. The van der Waals surface area contributed by atoms with Crippen LogP contribution in [0.15, 0.2) is 28.8 Å². The summed E-state index contributed by atoms with van der Waals surface area (Å²) in [7, 11) is 0. The average Bonchev–Trinajstić information content (AvgIpc) is 3.13. The molecule has 0 amide bonds. The highest BCUT2D eigenvalue weighted by Gasteiger charge is 2.14. The highest BCUT2D eigenvalue weighted by Crippen LogP contribution is 2.31. The van der Waals surface area contributed by atoms with Gasteiger partial charge in [-0.2, -0.15) is 4.98 Å². The molecular weight excluding hydrogens is 296 g/mol. The Hall–Kier alpha value is -2.14. The van der Waals surface area contributed by atoms with Gasteiger partial charge in [0.25, 0.3) is 5.89 Å². The smallest absolute Gasteiger partial charge is 0.268 e. The lowest BCUT2D eigenvalue weighted by Crippen LogP contribution is -1.86. The van der Waals surface area contributed by atoms with Crippen molar-refractivity contribution < 1.29 is 9.63 Å². The van der Waals surface area contributed by atoms with Crippen molar-refractivity contribution in [3.63, 3.8) is 0 Å². The molecule has 1 aromatic carbocycles. The minimum absolute atomic E-state index is 0.315. The molecule has 0 unspecified atom stereocenters. The fourth-order valence-corrected chi connectivity index (χ4v) is 3.43. The third-order valence-corrected chi connectivity index (χ3v) is 4.68. The molecule has 2 aromatic heterocycles. The molecule has 4 nitrogen and oxygen atoms in total. The van der Waals surface area contributed by atoms with Gasteiger partial charge in [0.2, 0.25) is 5.82 Å². The summed E-state index contributed by atoms with van der Waals surface area (Å²) in [6, 6.07) is 7.88. The van der Waals surface area contributed by atoms with Gasteiger partial charge in [0.05, 0.1) is 4.88 Å². The predicted molar refractivity (Wildman–Crippen MR) is 88.2 cm³/mol. The normalized spacial score (nSPS) is 11.0. The quantitative estimate of drug-likeness (QED) is 0.755. The van der Waals surface area contributed by atoms with Crippen molar-refractivity contribution >= 4 is 11.3 Å². The lowest BCUT2D eigenvalue weighted by Gasteiger charge is -2.04. The van der Waals surface area contributed by atoms with Gasteiger partial charge in [0.1, 0.15) is 5.75 Å². The van der Waals surface area contributed by atoms with Crippen LogP contribution in [0.2, 0.25) is 0 Å². The van der Waals surface area contributed by atoms with Crippen molar-refractivity contribution in [2.24, 2.45) is 0 Å². The summed E-state index contributed by atoms with van der Waals surface area (Å²) in [4.78, 5) is 6.81. The van der Waals surface area contributed by atoms with Crippen molar-refractivity contribution in [1.82, 2.24) is 10.1 Å². The number of thiophene rings is 1. The SMILES string of the molecule is CCCc1ccc(-c2nc(-c3cc(C)c(O)c(C)c3)no2)s1. The molecule has 0 aliphatic heterocycles. The van der Waals surface area contributed by atoms with Crippen LogP contribution in [0.4, 0.5) is 0 Å². The average molecular weight is 314 g/mol. The third kappa shape index (κ3) is 2.76. The molecule has 5 heteroatoms. The van der Waals surface area contributed by atoms with Gasteiger partial charge >= 0.3 is 0 Å². The molecule has 0 atom stereocenters. The van der Waals surface area contributed by atoms with E-state index in [4.69, 9.17) is 4.52 Å². The van der Waals surface area contributed by atoms with Gasteiger partial charge in [-0.3, -0.25) is 0 Å². The first-order valence-corrected chi connectivity index (χ1v) is 8.13. The summed E-state index contributed by atoms with van der Waals surface area (Å²) < 4.78 is 5.39. The Balaban J connectivity index is 1.93. The van der Waals surface area contributed by atoms with Gasteiger partial charge < -0.3 is 9.63 Å². The molecule has 3 rings (SSSR count). The zero-order valence-electron chi connectivity index (χ0n) is 12.9. The van der Waals surface area contributed by atoms with Gasteiger partial charge in [-0.1, -0.05) is 18.5 Å². The Kier molecular flexibility index (Phi) is 3.98. The number of hydrogen-bond donors (Lipinski definition) is 1. The Labute approximate surface area is 133 Å². The number of aryl methyl sites for hydroxylation is 3. The van der Waals surface area contributed by atoms with E-state index in [0.717, 1.165) is 34.4 Å². The lowest BCUT2D eigenvalue weighted by atomic mass is 10.1. The number of hydrogen-bond acceptors (Lipinski definition) is 5. The Morgan fingerprint density at radius 1 is 1.18 bits per heavy atom. The van der Waals surface area contributed by atoms with Gasteiger partial charge in [-0.25, -0.2) is 0 Å². The summed E-state index contributed by atoms with van der Waals surface area (Å²) in [5.41, 5.74) is 2.47. The molecule has 0 aliphatic rings. The molecule has 0 aliphatic carbocycles. The fraction of sp³-hybridized carbons (Fsp3) is 0.294. The highest BCUT2D eigenvalue weighted by molar-refractivity contribution is 7.15. The number of aromatic nitrogens is 2. The molecule has 0 fully saturated rings. The Bertz CT molecular complexity index is 782. The molecule has 22 heavy (non-hydrogen) atoms. The van der Waals surface area contributed by atoms with E-state index in [1.165, 1.54) is 4.88 Å². The molecule has 3 aromatic rings. The maximum absolute atomic E-state index is 9.85. The third-order valence-electron chi connectivity index (χ3n) is 3.54. The predicted octanol–water partition coefficient (Wildman–Crippen LogP) is 4.74. The van der Waals surface area contributed by atoms with Crippen LogP contribution in [-0.4, -0.2) is 15.2 Å². The standard InChI is InChI=1S/C17H18N2O2S/c1-4-5-13-6-7-14(22-13)17-18-16(19-21-17)12-8-10(2)15(20)11(3)9-12/h6-9,20H,4-5H2,1-3H3. The number of phenolic OH excluding ortho intramolecular Hbond substituents is 1. The molecule has 0 saturated heterocycles. The zero-order valence-corrected chi connectivity index (χ0v) is 13.7. The van der Waals surface area contributed by atoms with E-state index in [0.29, 0.717) is 17.5 Å². The Morgan fingerprint density at radius 2 is 1.91 bits per heavy atom. The maximum Gasteiger partial charge on any atom is 0.268 e. The van der Waals surface area contributed by atoms with E-state index in [2.05, 4.69) is 23.1 Å². The first-order valence-electron chi connectivity index (χ1n) is 7.32. The molecule has 1 N–H and O–H groups in total. The number of nitrogens with zero attached hydrogens (tertiary/aromatic N) is 2. The minimum atomic E-state index is 0.315. The summed E-state index contributed by atoms with van der Waals surface area (Å²) in [6.45, 7) is 5.89. The van der Waals surface area contributed by atoms with Crippen LogP contribution in [0, 0.1) is 13.8 Å². The molecular formula is C17H18N2O2S. The fourth-order valence-electron chi connectivity index (χ4n) is 2.40. The molecule has 2 heterocycles. The van der Waals surface area contributed by atoms with Crippen LogP contribution < -0.4 is 0 Å². The number of rotatable bonds is 4. The van der Waals surface area contributed by atoms with Crippen molar-refractivity contribution in [1.29, 1.82) is 0 Å². The lowest BCUT2D eigenvalue weighted by molar-refractivity contribution is 0.433. The van der Waals surface area contributed by atoms with E-state index in [1.54, 1.807) is 11.3 Å². The van der Waals surface area contributed by atoms with Gasteiger partial charge in [0, 0.05) is 10.4 Å². The molecule has 0 radical (unpaired) electrons. The monoisotopic (exact) mass is 314 g/mol. The van der Waals surface area contributed by atoms with Gasteiger partial charge in [-0.15, -0.1) is 11.3 Å². The van der Waals surface area contributed by atoms with Crippen molar-refractivity contribution in [3.05, 3.63) is 40.3 Å². The molecule has 0 bridgehead atoms. The zero-order chi connectivity index (χ0) is 15.7. The number of benzene rings is 1. The second-order valence-corrected chi connectivity index (χ2v) is 6.57. The minimum Gasteiger partial charge on any atom is -0.507 e. The first kappa shape index (κ1) is 14.8. The van der Waals surface area contributed by atoms with Crippen molar-refractivity contribution in [3.8, 4) is 27.9 Å². The van der Waals surface area contributed by atoms with Gasteiger partial charge in [-0.05, 0) is 55.7 Å². The van der Waals surface area contributed by atoms with E-state index in [1.807, 2.05) is 32.0 Å². The van der Waals surface area contributed by atoms with E-state index in [-0.39, 0.29) is 0 Å². The van der Waals surface area contributed by atoms with Crippen LogP contribution in [0.1, 0.15) is 29.3 Å². The molecule has 114 valence electrons. The summed E-state index contributed by atoms with van der Waals surface area (Å²) in [5, 5.41) is 13.9. The first-order chi connectivity index (χ1) is 10.6. The van der Waals surface area contributed by atoms with E-state index in [9.17, 15) is 5.11 Å². The van der Waals surface area contributed by atoms with Crippen molar-refractivity contribution in [2.75, 3.05) is 0 Å². The largest absolute Gasteiger partial charge is 0.507 e. The summed E-state index contributed by atoms with van der Waals surface area (Å²) >= 11 is 1.69. The maximum atomic E-state index is 9.85. The van der Waals surface area contributed by atoms with Crippen LogP contribution in [-0.2, 0) is 6.42 Å². The topological polar surface area (TPSA) is 59.2 Å². The van der Waals surface area contributed by atoms with Crippen molar-refractivity contribution in [2.45, 2.75) is 33.6 Å². The van der Waals surface area contributed by atoms with Crippen LogP contribution in [0.25, 0.3) is 22.2 Å².